The van der Waals surface area contributed by atoms with Gasteiger partial charge in [0.25, 0.3) is 0 Å². The molecule has 606 valence electrons. The van der Waals surface area contributed by atoms with Crippen LogP contribution in [0.3, 0.4) is 0 Å². The standard InChI is InChI=1S/C36H36N24O12.C22H28N2O2.2F6P/c61-25-37-1-38-14-16-42(26(38)62)4-46-18-20-50(30(46)66)8-54-22-24-58(34(54)70)11-57-23-21-53(33(57)69)7-49-19-17-45(29(49)65)3-41(25)15-13(37)39-2-40(14)28(64)44(16)6-48(18)32(68)52(20)10-56(22)36(72)60(24)12-59(23)35(71)55(21)9-51(19)31(67)47(17)5-43(15)27(39)63;25-17-21-9-5-19(6-10-21)15-23-13-3-1-2-4-14-24-16-20-7-11-22(18-26)12-8-20;2*1-7(2,3,4,5)6/h13-24H,1-12H2;5-12,17-18,23-24H,1-4,13-16H2;;/q;;2*-1/p+2. The number of urea groups is 12. The molecule has 0 radical (unpaired) electrons. The van der Waals surface area contributed by atoms with Crippen molar-refractivity contribution in [3.63, 3.8) is 0 Å². The third-order valence-corrected chi connectivity index (χ3v) is 23.4. The number of rotatable bonds is 13. The Morgan fingerprint density at radius 3 is 0.482 bits per heavy atom. The van der Waals surface area contributed by atoms with Gasteiger partial charge in [-0.3, -0.25) is 127 Å². The van der Waals surface area contributed by atoms with Crippen LogP contribution in [0, 0.1) is 0 Å². The van der Waals surface area contributed by atoms with E-state index >= 15 is 57.5 Å². The minimum Gasteiger partial charge on any atom is -0.343 e. The van der Waals surface area contributed by atoms with Gasteiger partial charge in [-0.15, -0.1) is 0 Å². The molecule has 20 rings (SSSR count). The molecule has 18 aliphatic rings. The summed E-state index contributed by atoms with van der Waals surface area (Å²) in [7, 11) is -21.3. The Balaban J connectivity index is 0.000000182. The van der Waals surface area contributed by atoms with Gasteiger partial charge in [0, 0.05) is 22.3 Å². The molecular formula is C58H66F12N26O14P2. The number of amides is 24. The number of halogens is 12. The molecule has 4 N–H and O–H groups in total. The third kappa shape index (κ3) is 11.3. The van der Waals surface area contributed by atoms with Gasteiger partial charge in [0.1, 0.15) is 106 Å². The first-order valence-corrected chi connectivity index (χ1v) is 39.2. The van der Waals surface area contributed by atoms with Crippen LogP contribution in [0.25, 0.3) is 0 Å². The third-order valence-electron chi connectivity index (χ3n) is 23.4. The summed E-state index contributed by atoms with van der Waals surface area (Å²) in [6.45, 7) is -1.21. The summed E-state index contributed by atoms with van der Waals surface area (Å²) in [6.07, 6.45) is -7.10. The molecule has 0 saturated carbocycles. The Bertz CT molecular complexity index is 3630. The van der Waals surface area contributed by atoms with E-state index in [0.717, 1.165) is 49.9 Å². The number of benzene rings is 2. The zero-order chi connectivity index (χ0) is 79.5. The van der Waals surface area contributed by atoms with E-state index in [1.807, 2.05) is 48.5 Å². The molecule has 2 aromatic rings. The number of hydrogen-bond acceptors (Lipinski definition) is 14. The monoisotopic (exact) mass is 1640 g/mol. The first kappa shape index (κ1) is 72.5. The average Bonchev–Trinajstić information content (AvgIpc) is 1.51. The van der Waals surface area contributed by atoms with Gasteiger partial charge in [-0.05, 0) is 25.7 Å². The van der Waals surface area contributed by atoms with Crippen molar-refractivity contribution >= 4 is 101 Å². The molecule has 24 amide bonds. The van der Waals surface area contributed by atoms with E-state index in [-0.39, 0.29) is 0 Å². The van der Waals surface area contributed by atoms with Crippen LogP contribution >= 0.6 is 15.6 Å². The molecule has 0 aliphatic carbocycles. The molecule has 54 heteroatoms. The maximum Gasteiger partial charge on any atom is 0.326 e. The maximum absolute atomic E-state index is 15.1. The molecular weight excluding hydrogens is 1570 g/mol. The quantitative estimate of drug-likeness (QED) is 0.126. The first-order valence-electron chi connectivity index (χ1n) is 35.2. The molecule has 0 unspecified atom stereocenters. The molecule has 18 fully saturated rings. The van der Waals surface area contributed by atoms with Gasteiger partial charge in [-0.2, -0.15) is 0 Å². The Morgan fingerprint density at radius 2 is 0.366 bits per heavy atom. The number of aldehydes is 2. The first-order chi connectivity index (χ1) is 52.4. The van der Waals surface area contributed by atoms with Crippen LogP contribution in [0.5, 0.6) is 0 Å². The van der Waals surface area contributed by atoms with Crippen LogP contribution in [0.15, 0.2) is 48.5 Å². The van der Waals surface area contributed by atoms with Gasteiger partial charge in [0.05, 0.1) is 13.1 Å². The largest absolute Gasteiger partial charge is 0.343 e. The van der Waals surface area contributed by atoms with Gasteiger partial charge < -0.3 is 10.6 Å². The normalized spacial score (nSPS) is 31.3. The van der Waals surface area contributed by atoms with E-state index in [1.165, 1.54) is 154 Å². The number of unbranched alkanes of at least 4 members (excludes halogenated alkanes) is 3. The second-order valence-corrected chi connectivity index (χ2v) is 33.8. The smallest absolute Gasteiger partial charge is 0.326 e. The minimum atomic E-state index is -10.7. The van der Waals surface area contributed by atoms with E-state index in [2.05, 4.69) is 10.6 Å². The topological polar surface area (TPSA) is 350 Å². The molecule has 40 nitrogen and oxygen atoms in total. The number of nitrogens with zero attached hydrogens (tertiary/aromatic N) is 24. The molecule has 112 heavy (non-hydrogen) atoms. The number of quaternary nitrogens is 2. The summed E-state index contributed by atoms with van der Waals surface area (Å²) < 4.78 is 118. The molecule has 0 spiro atoms. The number of carbonyl (C=O) groups is 14. The summed E-state index contributed by atoms with van der Waals surface area (Å²) >= 11 is 0. The average molecular weight is 1640 g/mol. The molecule has 0 atom stereocenters. The van der Waals surface area contributed by atoms with E-state index in [1.54, 1.807) is 0 Å². The van der Waals surface area contributed by atoms with Crippen LogP contribution in [-0.4, -0.2) is 370 Å². The summed E-state index contributed by atoms with van der Waals surface area (Å²) in [6, 6.07) is 7.74. The van der Waals surface area contributed by atoms with Crippen molar-refractivity contribution in [1.29, 1.82) is 0 Å². The Kier molecular flexibility index (Phi) is 14.8. The van der Waals surface area contributed by atoms with Crippen molar-refractivity contribution in [3.8, 4) is 0 Å². The fourth-order valence-electron chi connectivity index (χ4n) is 18.9. The predicted octanol–water partition coefficient (Wildman–Crippen LogP) is 2.80. The second-order valence-electron chi connectivity index (χ2n) is 29.9. The summed E-state index contributed by atoms with van der Waals surface area (Å²) in [5.74, 6) is 0. The van der Waals surface area contributed by atoms with E-state index in [0.29, 0.717) is 0 Å². The Labute approximate surface area is 621 Å². The number of nitrogens with two attached hydrogens (primary N) is 2. The van der Waals surface area contributed by atoms with Crippen molar-refractivity contribution in [2.75, 3.05) is 93.1 Å². The molecule has 0 aromatic heterocycles. The van der Waals surface area contributed by atoms with Crippen molar-refractivity contribution in [1.82, 2.24) is 118 Å². The maximum atomic E-state index is 15.1. The fourth-order valence-corrected chi connectivity index (χ4v) is 18.9. The van der Waals surface area contributed by atoms with Crippen LogP contribution in [-0.2, 0) is 13.1 Å². The number of hydrogen-bond donors (Lipinski definition) is 2. The van der Waals surface area contributed by atoms with Gasteiger partial charge in [-0.25, -0.2) is 57.5 Å². The van der Waals surface area contributed by atoms with Crippen molar-refractivity contribution < 1.29 is 128 Å². The number of carbonyl (C=O) groups excluding carboxylic acids is 14. The van der Waals surface area contributed by atoms with Crippen molar-refractivity contribution in [2.45, 2.75) is 113 Å². The van der Waals surface area contributed by atoms with Gasteiger partial charge in [0.15, 0.2) is 74.0 Å². The summed E-state index contributed by atoms with van der Waals surface area (Å²) in [5, 5.41) is 4.68. The van der Waals surface area contributed by atoms with E-state index in [4.69, 9.17) is 0 Å². The molecule has 2 aromatic carbocycles. The molecule has 18 saturated heterocycles. The zero-order valence-corrected chi connectivity index (χ0v) is 59.7. The fraction of sp³-hybridized carbons (Fsp3) is 0.552. The van der Waals surface area contributed by atoms with Crippen LogP contribution in [0.1, 0.15) is 57.5 Å². The Morgan fingerprint density at radius 1 is 0.241 bits per heavy atom. The predicted molar refractivity (Wildman–Crippen MR) is 343 cm³/mol. The summed E-state index contributed by atoms with van der Waals surface area (Å²) in [4.78, 5) is 235. The SMILES string of the molecule is F[P-](F)(F)(F)(F)F.F[P-](F)(F)(F)(F)F.O=C1N2CN3C(=O)N4CN5C(=O)N6CN7C(=O)N8CN9C(=O)N%10CN%11C(=O)N%12CN1C1C2N2CN%13C(=O)N(CN%14C(=O)N(CN%15C(=O)N(CN%16C(=O)N(CN%17C(=O)N(CN1C2=O)C%12C%11%17)C%10C9%16)C8C7%15)C6C5%14)C4C3%13.O=Cc1ccc(C[NH2+]CCCCCC[NH2+]Cc2ccc(C=O)cc2)cc1. The molecule has 0 bridgehead atoms. The minimum absolute atomic E-state index is 0.457. The van der Waals surface area contributed by atoms with Crippen LogP contribution < -0.4 is 10.6 Å². The van der Waals surface area contributed by atoms with Crippen LogP contribution in [0.2, 0.25) is 0 Å². The summed E-state index contributed by atoms with van der Waals surface area (Å²) in [5.41, 5.74) is 4.02. The Hall–Kier alpha value is -11.0. The van der Waals surface area contributed by atoms with Crippen molar-refractivity contribution in [2.24, 2.45) is 0 Å². The van der Waals surface area contributed by atoms with E-state index < -0.39 is 242 Å². The van der Waals surface area contributed by atoms with Gasteiger partial charge >= 0.3 is 138 Å². The molecule has 18 heterocycles. The molecule has 18 aliphatic heterocycles. The van der Waals surface area contributed by atoms with Crippen molar-refractivity contribution in [3.05, 3.63) is 70.8 Å². The van der Waals surface area contributed by atoms with E-state index in [9.17, 15) is 60.0 Å². The van der Waals surface area contributed by atoms with Crippen LogP contribution in [0.4, 0.5) is 108 Å². The second kappa shape index (κ2) is 22.9. The zero-order valence-electron chi connectivity index (χ0n) is 57.9. The van der Waals surface area contributed by atoms with Gasteiger partial charge in [-0.1, -0.05) is 48.5 Å². The van der Waals surface area contributed by atoms with Gasteiger partial charge in [0.2, 0.25) is 0 Å².